The largest absolute Gasteiger partial charge is 0.508 e. The molecule has 1 aromatic rings. The summed E-state index contributed by atoms with van der Waals surface area (Å²) in [5.41, 5.74) is 1.54. The minimum absolute atomic E-state index is 0.0938. The molecule has 1 heterocycles. The Morgan fingerprint density at radius 2 is 2.10 bits per heavy atom. The third-order valence-corrected chi connectivity index (χ3v) is 3.92. The lowest BCUT2D eigenvalue weighted by atomic mass is 10.0. The number of carbonyl (C=O) groups is 1. The maximum Gasteiger partial charge on any atom is 0.254 e. The molecule has 2 N–H and O–H groups in total. The average molecular weight is 276 g/mol. The van der Waals surface area contributed by atoms with Gasteiger partial charge in [-0.25, -0.2) is 0 Å². The first-order valence-corrected chi connectivity index (χ1v) is 7.44. The Bertz CT molecular complexity index is 468. The molecule has 2 rings (SSSR count). The number of piperidine rings is 1. The van der Waals surface area contributed by atoms with Gasteiger partial charge in [-0.05, 0) is 63.0 Å². The molecule has 0 unspecified atom stereocenters. The number of carbonyl (C=O) groups excluding carboxylic acids is 1. The predicted octanol–water partition coefficient (Wildman–Crippen LogP) is 2.30. The number of hydrogen-bond donors (Lipinski definition) is 2. The molecule has 1 aromatic carbocycles. The van der Waals surface area contributed by atoms with Gasteiger partial charge in [0.1, 0.15) is 5.75 Å². The molecule has 0 atom stereocenters. The smallest absolute Gasteiger partial charge is 0.254 e. The average Bonchev–Trinajstić information content (AvgIpc) is 2.45. The van der Waals surface area contributed by atoms with Crippen LogP contribution in [0, 0.1) is 6.92 Å². The molecule has 1 aliphatic heterocycles. The lowest BCUT2D eigenvalue weighted by Crippen LogP contribution is -2.46. The Kier molecular flexibility index (Phi) is 5.01. The lowest BCUT2D eigenvalue weighted by Gasteiger charge is -2.35. The van der Waals surface area contributed by atoms with Crippen molar-refractivity contribution in [2.24, 2.45) is 0 Å². The highest BCUT2D eigenvalue weighted by molar-refractivity contribution is 5.96. The van der Waals surface area contributed by atoms with Crippen LogP contribution in [-0.4, -0.2) is 41.6 Å². The fourth-order valence-corrected chi connectivity index (χ4v) is 2.85. The zero-order chi connectivity index (χ0) is 14.5. The van der Waals surface area contributed by atoms with Crippen molar-refractivity contribution >= 4 is 5.91 Å². The summed E-state index contributed by atoms with van der Waals surface area (Å²) in [7, 11) is 0. The second-order valence-electron chi connectivity index (χ2n) is 5.48. The van der Waals surface area contributed by atoms with E-state index in [2.05, 4.69) is 12.2 Å². The van der Waals surface area contributed by atoms with Gasteiger partial charge in [0.2, 0.25) is 0 Å². The number of phenols is 1. The second-order valence-corrected chi connectivity index (χ2v) is 5.48. The molecule has 1 aliphatic rings. The van der Waals surface area contributed by atoms with Crippen LogP contribution < -0.4 is 5.32 Å². The van der Waals surface area contributed by atoms with Crippen LogP contribution in [0.5, 0.6) is 5.75 Å². The van der Waals surface area contributed by atoms with Crippen molar-refractivity contribution in [2.45, 2.75) is 39.2 Å². The predicted molar refractivity (Wildman–Crippen MR) is 80.1 cm³/mol. The minimum atomic E-state index is 0.0938. The summed E-state index contributed by atoms with van der Waals surface area (Å²) in [4.78, 5) is 14.8. The first kappa shape index (κ1) is 14.9. The molecule has 4 nitrogen and oxygen atoms in total. The number of hydrogen-bond acceptors (Lipinski definition) is 3. The number of rotatable bonds is 4. The van der Waals surface area contributed by atoms with E-state index in [0.29, 0.717) is 11.6 Å². The fraction of sp³-hybridized carbons (Fsp3) is 0.562. The van der Waals surface area contributed by atoms with Gasteiger partial charge in [0.25, 0.3) is 5.91 Å². The van der Waals surface area contributed by atoms with Crippen LogP contribution in [0.15, 0.2) is 18.2 Å². The highest BCUT2D eigenvalue weighted by Crippen LogP contribution is 2.21. The van der Waals surface area contributed by atoms with Crippen molar-refractivity contribution in [1.82, 2.24) is 10.2 Å². The summed E-state index contributed by atoms with van der Waals surface area (Å²) < 4.78 is 0. The summed E-state index contributed by atoms with van der Waals surface area (Å²) in [5, 5.41) is 12.8. The van der Waals surface area contributed by atoms with Crippen LogP contribution in [0.4, 0.5) is 0 Å². The van der Waals surface area contributed by atoms with Gasteiger partial charge in [-0.1, -0.05) is 6.92 Å². The summed E-state index contributed by atoms with van der Waals surface area (Å²) in [5.74, 6) is 0.305. The van der Waals surface area contributed by atoms with Gasteiger partial charge in [0, 0.05) is 18.2 Å². The third-order valence-electron chi connectivity index (χ3n) is 3.92. The van der Waals surface area contributed by atoms with Crippen molar-refractivity contribution in [3.05, 3.63) is 29.3 Å². The van der Waals surface area contributed by atoms with E-state index < -0.39 is 0 Å². The Morgan fingerprint density at radius 1 is 1.40 bits per heavy atom. The summed E-state index contributed by atoms with van der Waals surface area (Å²) >= 11 is 0. The number of benzene rings is 1. The van der Waals surface area contributed by atoms with Crippen LogP contribution in [0.2, 0.25) is 0 Å². The molecule has 110 valence electrons. The van der Waals surface area contributed by atoms with Crippen molar-refractivity contribution < 1.29 is 9.90 Å². The maximum absolute atomic E-state index is 12.8. The normalized spacial score (nSPS) is 16.1. The van der Waals surface area contributed by atoms with Crippen molar-refractivity contribution in [2.75, 3.05) is 19.6 Å². The van der Waals surface area contributed by atoms with E-state index in [9.17, 15) is 9.90 Å². The third kappa shape index (κ3) is 3.31. The molecule has 0 aromatic heterocycles. The van der Waals surface area contributed by atoms with Crippen LogP contribution >= 0.6 is 0 Å². The van der Waals surface area contributed by atoms with Gasteiger partial charge < -0.3 is 15.3 Å². The van der Waals surface area contributed by atoms with Crippen molar-refractivity contribution in [3.8, 4) is 5.75 Å². The molecule has 0 bridgehead atoms. The van der Waals surface area contributed by atoms with Gasteiger partial charge in [-0.15, -0.1) is 0 Å². The fourth-order valence-electron chi connectivity index (χ4n) is 2.85. The number of nitrogens with one attached hydrogen (secondary N) is 1. The Labute approximate surface area is 120 Å². The van der Waals surface area contributed by atoms with Gasteiger partial charge in [-0.2, -0.15) is 0 Å². The van der Waals surface area contributed by atoms with Gasteiger partial charge >= 0.3 is 0 Å². The zero-order valence-corrected chi connectivity index (χ0v) is 12.4. The highest BCUT2D eigenvalue weighted by Gasteiger charge is 2.26. The molecule has 1 fully saturated rings. The van der Waals surface area contributed by atoms with E-state index in [-0.39, 0.29) is 11.7 Å². The standard InChI is InChI=1S/C16H24N2O2/c1-3-10-18(13-6-8-17-9-7-13)16(20)15-5-4-14(19)11-12(15)2/h4-5,11,13,17,19H,3,6-10H2,1-2H3. The van der Waals surface area contributed by atoms with Crippen LogP contribution in [0.1, 0.15) is 42.1 Å². The molecule has 1 amide bonds. The van der Waals surface area contributed by atoms with Gasteiger partial charge in [0.15, 0.2) is 0 Å². The van der Waals surface area contributed by atoms with E-state index in [4.69, 9.17) is 0 Å². The minimum Gasteiger partial charge on any atom is -0.508 e. The topological polar surface area (TPSA) is 52.6 Å². The molecule has 4 heteroatoms. The number of phenolic OH excluding ortho intramolecular Hbond substituents is 1. The molecule has 1 saturated heterocycles. The monoisotopic (exact) mass is 276 g/mol. The second kappa shape index (κ2) is 6.75. The number of amides is 1. The Hall–Kier alpha value is -1.55. The van der Waals surface area contributed by atoms with E-state index in [1.807, 2.05) is 11.8 Å². The first-order valence-electron chi connectivity index (χ1n) is 7.44. The molecule has 0 aliphatic carbocycles. The Morgan fingerprint density at radius 3 is 2.70 bits per heavy atom. The number of nitrogens with zero attached hydrogens (tertiary/aromatic N) is 1. The van der Waals surface area contributed by atoms with E-state index >= 15 is 0 Å². The Balaban J connectivity index is 2.21. The zero-order valence-electron chi connectivity index (χ0n) is 12.4. The SMILES string of the molecule is CCCN(C(=O)c1ccc(O)cc1C)C1CCNCC1. The number of aromatic hydroxyl groups is 1. The van der Waals surface area contributed by atoms with E-state index in [1.165, 1.54) is 0 Å². The number of aryl methyl sites for hydroxylation is 1. The van der Waals surface area contributed by atoms with Crippen LogP contribution in [0.3, 0.4) is 0 Å². The van der Waals surface area contributed by atoms with Crippen molar-refractivity contribution in [1.29, 1.82) is 0 Å². The van der Waals surface area contributed by atoms with Gasteiger partial charge in [0.05, 0.1) is 0 Å². The molecule has 0 saturated carbocycles. The molecular weight excluding hydrogens is 252 g/mol. The van der Waals surface area contributed by atoms with Crippen LogP contribution in [-0.2, 0) is 0 Å². The van der Waals surface area contributed by atoms with Crippen molar-refractivity contribution in [3.63, 3.8) is 0 Å². The molecule has 0 spiro atoms. The lowest BCUT2D eigenvalue weighted by molar-refractivity contribution is 0.0642. The quantitative estimate of drug-likeness (QED) is 0.887. The first-order chi connectivity index (χ1) is 9.63. The summed E-state index contributed by atoms with van der Waals surface area (Å²) in [6, 6.07) is 5.31. The molecular formula is C16H24N2O2. The van der Waals surface area contributed by atoms with Crippen LogP contribution in [0.25, 0.3) is 0 Å². The van der Waals surface area contributed by atoms with E-state index in [0.717, 1.165) is 44.5 Å². The molecule has 20 heavy (non-hydrogen) atoms. The van der Waals surface area contributed by atoms with Gasteiger partial charge in [-0.3, -0.25) is 4.79 Å². The summed E-state index contributed by atoms with van der Waals surface area (Å²) in [6.07, 6.45) is 3.00. The summed E-state index contributed by atoms with van der Waals surface area (Å²) in [6.45, 7) is 6.73. The highest BCUT2D eigenvalue weighted by atomic mass is 16.3. The van der Waals surface area contributed by atoms with E-state index in [1.54, 1.807) is 18.2 Å². The molecule has 0 radical (unpaired) electrons. The maximum atomic E-state index is 12.8.